The highest BCUT2D eigenvalue weighted by Crippen LogP contribution is 2.30. The van der Waals surface area contributed by atoms with Crippen LogP contribution in [0.2, 0.25) is 5.02 Å². The molecule has 0 saturated carbocycles. The summed E-state index contributed by atoms with van der Waals surface area (Å²) in [6, 6.07) is 18.4. The van der Waals surface area contributed by atoms with Crippen LogP contribution in [0.15, 0.2) is 54.6 Å². The van der Waals surface area contributed by atoms with Gasteiger partial charge in [0.2, 0.25) is 0 Å². The lowest BCUT2D eigenvalue weighted by molar-refractivity contribution is -0.143. The Kier molecular flexibility index (Phi) is 5.61. The summed E-state index contributed by atoms with van der Waals surface area (Å²) in [4.78, 5) is 12.0. The molecule has 1 atom stereocenters. The Labute approximate surface area is 140 Å². The van der Waals surface area contributed by atoms with Crippen molar-refractivity contribution in [2.75, 3.05) is 11.9 Å². The van der Waals surface area contributed by atoms with Crippen LogP contribution in [0.25, 0.3) is 0 Å². The maximum atomic E-state index is 12.0. The topological polar surface area (TPSA) is 62.1 Å². The van der Waals surface area contributed by atoms with Gasteiger partial charge in [0.15, 0.2) is 5.54 Å². The summed E-state index contributed by atoms with van der Waals surface area (Å²) in [6.45, 7) is 2.01. The molecule has 0 fully saturated rings. The number of carbonyl (C=O) groups excluding carboxylic acids is 1. The van der Waals surface area contributed by atoms with E-state index in [4.69, 9.17) is 16.3 Å². The number of hydrogen-bond acceptors (Lipinski definition) is 4. The molecule has 118 valence electrons. The fraction of sp³-hybridized carbons (Fsp3) is 0.222. The summed E-state index contributed by atoms with van der Waals surface area (Å²) < 4.78 is 5.03. The van der Waals surface area contributed by atoms with Crippen LogP contribution in [-0.2, 0) is 15.1 Å². The molecule has 1 unspecified atom stereocenters. The highest BCUT2D eigenvalue weighted by atomic mass is 35.5. The molecule has 0 aromatic heterocycles. The van der Waals surface area contributed by atoms with Gasteiger partial charge in [-0.15, -0.1) is 0 Å². The molecule has 5 heteroatoms. The first kappa shape index (κ1) is 16.9. The maximum Gasteiger partial charge on any atom is 0.309 e. The van der Waals surface area contributed by atoms with Crippen molar-refractivity contribution < 1.29 is 9.53 Å². The van der Waals surface area contributed by atoms with E-state index in [0.29, 0.717) is 16.3 Å². The Bertz CT molecular complexity index is 695. The van der Waals surface area contributed by atoms with Crippen molar-refractivity contribution in [3.05, 3.63) is 65.2 Å². The molecule has 0 aliphatic rings. The molecule has 0 aliphatic carbocycles. The number of nitrogens with zero attached hydrogens (tertiary/aromatic N) is 1. The molecular weight excluding hydrogens is 312 g/mol. The second kappa shape index (κ2) is 7.66. The average molecular weight is 329 g/mol. The van der Waals surface area contributed by atoms with Gasteiger partial charge in [-0.3, -0.25) is 4.79 Å². The summed E-state index contributed by atoms with van der Waals surface area (Å²) >= 11 is 5.89. The molecule has 23 heavy (non-hydrogen) atoms. The molecule has 2 aromatic rings. The van der Waals surface area contributed by atoms with Crippen LogP contribution < -0.4 is 5.32 Å². The molecule has 0 bridgehead atoms. The minimum absolute atomic E-state index is 0.0933. The quantitative estimate of drug-likeness (QED) is 0.810. The molecule has 0 radical (unpaired) electrons. The van der Waals surface area contributed by atoms with Gasteiger partial charge in [0.1, 0.15) is 0 Å². The zero-order chi connectivity index (χ0) is 16.7. The highest BCUT2D eigenvalue weighted by molar-refractivity contribution is 6.30. The van der Waals surface area contributed by atoms with Crippen LogP contribution in [0.4, 0.5) is 5.69 Å². The van der Waals surface area contributed by atoms with Gasteiger partial charge in [-0.05, 0) is 36.8 Å². The van der Waals surface area contributed by atoms with Gasteiger partial charge in [0, 0.05) is 10.7 Å². The number of nitriles is 1. The monoisotopic (exact) mass is 328 g/mol. The maximum absolute atomic E-state index is 12.0. The van der Waals surface area contributed by atoms with E-state index in [-0.39, 0.29) is 13.0 Å². The van der Waals surface area contributed by atoms with Crippen molar-refractivity contribution in [1.29, 1.82) is 5.26 Å². The zero-order valence-corrected chi connectivity index (χ0v) is 13.5. The molecule has 0 heterocycles. The van der Waals surface area contributed by atoms with Crippen LogP contribution in [0.5, 0.6) is 0 Å². The molecule has 0 saturated heterocycles. The second-order valence-corrected chi connectivity index (χ2v) is 5.43. The third-order valence-electron chi connectivity index (χ3n) is 3.37. The summed E-state index contributed by atoms with van der Waals surface area (Å²) in [7, 11) is 0. The lowest BCUT2D eigenvalue weighted by Gasteiger charge is -2.28. The van der Waals surface area contributed by atoms with Crippen LogP contribution >= 0.6 is 11.6 Å². The minimum atomic E-state index is -1.21. The second-order valence-electron chi connectivity index (χ2n) is 5.00. The highest BCUT2D eigenvalue weighted by Gasteiger charge is 2.35. The van der Waals surface area contributed by atoms with E-state index in [1.54, 1.807) is 31.2 Å². The van der Waals surface area contributed by atoms with E-state index in [1.807, 2.05) is 30.3 Å². The van der Waals surface area contributed by atoms with E-state index in [0.717, 1.165) is 0 Å². The third kappa shape index (κ3) is 4.24. The Hall–Kier alpha value is -2.51. The number of hydrogen-bond donors (Lipinski definition) is 1. The van der Waals surface area contributed by atoms with Gasteiger partial charge in [0.05, 0.1) is 19.1 Å². The lowest BCUT2D eigenvalue weighted by Crippen LogP contribution is -2.37. The Morgan fingerprint density at radius 1 is 1.22 bits per heavy atom. The Balaban J connectivity index is 2.39. The third-order valence-corrected chi connectivity index (χ3v) is 3.63. The van der Waals surface area contributed by atoms with Crippen molar-refractivity contribution in [3.63, 3.8) is 0 Å². The van der Waals surface area contributed by atoms with Crippen LogP contribution in [0, 0.1) is 11.3 Å². The number of halogens is 1. The standard InChI is InChI=1S/C18H17ClN2O2/c1-2-23-17(22)12-18(13-20,14-6-4-3-5-7-14)21-16-10-8-15(19)9-11-16/h3-11,21H,2,12H2,1H3. The number of benzene rings is 2. The Morgan fingerprint density at radius 3 is 2.43 bits per heavy atom. The summed E-state index contributed by atoms with van der Waals surface area (Å²) in [6.07, 6.45) is -0.0933. The van der Waals surface area contributed by atoms with Crippen molar-refractivity contribution in [2.24, 2.45) is 0 Å². The van der Waals surface area contributed by atoms with Gasteiger partial charge in [-0.2, -0.15) is 5.26 Å². The predicted octanol–water partition coefficient (Wildman–Crippen LogP) is 4.12. The van der Waals surface area contributed by atoms with Crippen LogP contribution in [-0.4, -0.2) is 12.6 Å². The number of carbonyl (C=O) groups is 1. The van der Waals surface area contributed by atoms with E-state index in [9.17, 15) is 10.1 Å². The fourth-order valence-corrected chi connectivity index (χ4v) is 2.41. The van der Waals surface area contributed by atoms with Crippen LogP contribution in [0.3, 0.4) is 0 Å². The summed E-state index contributed by atoms with van der Waals surface area (Å²) in [5.41, 5.74) is 0.191. The van der Waals surface area contributed by atoms with E-state index in [1.165, 1.54) is 0 Å². The SMILES string of the molecule is CCOC(=O)CC(C#N)(Nc1ccc(Cl)cc1)c1ccccc1. The number of rotatable bonds is 6. The normalized spacial score (nSPS) is 12.7. The summed E-state index contributed by atoms with van der Waals surface area (Å²) in [5, 5.41) is 13.6. The van der Waals surface area contributed by atoms with Crippen LogP contribution in [0.1, 0.15) is 18.9 Å². The Morgan fingerprint density at radius 2 is 1.87 bits per heavy atom. The van der Waals surface area contributed by atoms with Gasteiger partial charge in [-0.1, -0.05) is 41.9 Å². The molecule has 0 spiro atoms. The van der Waals surface area contributed by atoms with Gasteiger partial charge in [-0.25, -0.2) is 0 Å². The minimum Gasteiger partial charge on any atom is -0.466 e. The van der Waals surface area contributed by atoms with Crippen molar-refractivity contribution in [1.82, 2.24) is 0 Å². The van der Waals surface area contributed by atoms with E-state index >= 15 is 0 Å². The largest absolute Gasteiger partial charge is 0.466 e. The number of esters is 1. The fourth-order valence-electron chi connectivity index (χ4n) is 2.28. The zero-order valence-electron chi connectivity index (χ0n) is 12.8. The first-order valence-electron chi connectivity index (χ1n) is 7.26. The van der Waals surface area contributed by atoms with Gasteiger partial charge in [0.25, 0.3) is 0 Å². The first-order chi connectivity index (χ1) is 11.1. The van der Waals surface area contributed by atoms with E-state index in [2.05, 4.69) is 11.4 Å². The van der Waals surface area contributed by atoms with Gasteiger partial charge >= 0.3 is 5.97 Å². The number of anilines is 1. The predicted molar refractivity (Wildman–Crippen MR) is 90.1 cm³/mol. The van der Waals surface area contributed by atoms with Gasteiger partial charge < -0.3 is 10.1 Å². The summed E-state index contributed by atoms with van der Waals surface area (Å²) in [5.74, 6) is -0.431. The van der Waals surface area contributed by atoms with Crippen molar-refractivity contribution in [3.8, 4) is 6.07 Å². The van der Waals surface area contributed by atoms with Crippen molar-refractivity contribution >= 4 is 23.3 Å². The lowest BCUT2D eigenvalue weighted by atomic mass is 9.87. The average Bonchev–Trinajstić information content (AvgIpc) is 2.57. The molecule has 4 nitrogen and oxygen atoms in total. The molecular formula is C18H17ClN2O2. The van der Waals surface area contributed by atoms with Crippen molar-refractivity contribution in [2.45, 2.75) is 18.9 Å². The number of nitrogens with one attached hydrogen (secondary N) is 1. The molecule has 0 aliphatic heterocycles. The first-order valence-corrected chi connectivity index (χ1v) is 7.63. The molecule has 0 amide bonds. The molecule has 2 rings (SSSR count). The van der Waals surface area contributed by atoms with E-state index < -0.39 is 11.5 Å². The molecule has 2 aromatic carbocycles. The smallest absolute Gasteiger partial charge is 0.309 e. The molecule has 1 N–H and O–H groups in total. The number of ether oxygens (including phenoxy) is 1.